The van der Waals surface area contributed by atoms with Gasteiger partial charge in [-0.05, 0) is 76.7 Å². The normalized spacial score (nSPS) is 27.9. The molecule has 0 fully saturated rings. The number of cyclic esters (lactones) is 2. The number of hydrogen-bond acceptors (Lipinski definition) is 11. The summed E-state index contributed by atoms with van der Waals surface area (Å²) >= 11 is 1.46. The maximum atomic E-state index is 14.2. The van der Waals surface area contributed by atoms with Gasteiger partial charge in [-0.15, -0.1) is 11.8 Å². The molecule has 0 saturated carbocycles. The van der Waals surface area contributed by atoms with Crippen molar-refractivity contribution in [3.8, 4) is 0 Å². The first-order valence-electron chi connectivity index (χ1n) is 21.8. The van der Waals surface area contributed by atoms with Gasteiger partial charge in [-0.2, -0.15) is 0 Å². The zero-order valence-corrected chi connectivity index (χ0v) is 40.7. The number of rotatable bonds is 10. The standard InChI is InChI=1S/C47H73N5O10S/c1-15-29(5)40-45(57)51(12)34(10)47(59)62-41(30(6)16-2)32(8)37(60-27-63-14)23-22-31(7)46(58)61-38(24-28(3)4)42(54)48-33(9)43(55)52(13)36(25-35-20-18-17-19-21-35)44(56)50(11)26-39(53)49-40/h16-22,28-29,32-34,36-38,40-41H,15,23-27H2,1-14H3,(H,48,54)(H,49,53)/b30-16+,31-22+/t29-,32-,33-,34+,36+,37-,38+,40-,41+/m0/s1. The first-order valence-corrected chi connectivity index (χ1v) is 23.2. The number of amides is 5. The Morgan fingerprint density at radius 2 is 1.56 bits per heavy atom. The van der Waals surface area contributed by atoms with Gasteiger partial charge in [0.25, 0.3) is 5.91 Å². The van der Waals surface area contributed by atoms with E-state index in [4.69, 9.17) is 14.2 Å². The fraction of sp³-hybridized carbons (Fsp3) is 0.638. The highest BCUT2D eigenvalue weighted by Gasteiger charge is 2.38. The number of ether oxygens (including phenoxy) is 3. The molecule has 0 unspecified atom stereocenters. The van der Waals surface area contributed by atoms with Crippen LogP contribution in [0.2, 0.25) is 0 Å². The van der Waals surface area contributed by atoms with Gasteiger partial charge in [0.15, 0.2) is 6.10 Å². The molecule has 0 aromatic heterocycles. The van der Waals surface area contributed by atoms with Crippen LogP contribution in [0.25, 0.3) is 0 Å². The minimum atomic E-state index is -1.23. The highest BCUT2D eigenvalue weighted by Crippen LogP contribution is 2.27. The predicted octanol–water partition coefficient (Wildman–Crippen LogP) is 4.92. The largest absolute Gasteiger partial charge is 0.456 e. The summed E-state index contributed by atoms with van der Waals surface area (Å²) in [5.74, 6) is -4.88. The van der Waals surface area contributed by atoms with Gasteiger partial charge in [-0.25, -0.2) is 9.59 Å². The number of nitrogens with zero attached hydrogens (tertiary/aromatic N) is 3. The number of allylic oxidation sites excluding steroid dienone is 1. The van der Waals surface area contributed by atoms with Gasteiger partial charge in [-0.1, -0.05) is 83.5 Å². The van der Waals surface area contributed by atoms with Crippen molar-refractivity contribution in [2.75, 3.05) is 39.9 Å². The molecule has 0 spiro atoms. The molecule has 1 aliphatic heterocycles. The first kappa shape index (κ1) is 54.4. The van der Waals surface area contributed by atoms with Crippen LogP contribution in [0.5, 0.6) is 0 Å². The lowest BCUT2D eigenvalue weighted by Crippen LogP contribution is -2.58. The molecule has 16 heteroatoms. The van der Waals surface area contributed by atoms with Gasteiger partial charge in [0, 0.05) is 39.1 Å². The third-order valence-corrected chi connectivity index (χ3v) is 12.1. The lowest BCUT2D eigenvalue weighted by atomic mass is 9.90. The topological polar surface area (TPSA) is 181 Å². The molecule has 352 valence electrons. The van der Waals surface area contributed by atoms with Gasteiger partial charge < -0.3 is 39.5 Å². The van der Waals surface area contributed by atoms with Crippen LogP contribution in [0, 0.1) is 17.8 Å². The number of carbonyl (C=O) groups is 7. The maximum absolute atomic E-state index is 14.2. The number of likely N-dealkylation sites (N-methyl/N-ethyl adjacent to an activating group) is 3. The predicted molar refractivity (Wildman–Crippen MR) is 245 cm³/mol. The lowest BCUT2D eigenvalue weighted by Gasteiger charge is -2.35. The molecule has 2 N–H and O–H groups in total. The summed E-state index contributed by atoms with van der Waals surface area (Å²) in [6.45, 7) is 17.2. The van der Waals surface area contributed by atoms with Gasteiger partial charge in [0.05, 0.1) is 18.6 Å². The highest BCUT2D eigenvalue weighted by molar-refractivity contribution is 7.98. The summed E-state index contributed by atoms with van der Waals surface area (Å²) in [5, 5.41) is 5.51. The number of esters is 2. The molecule has 2 rings (SSSR count). The van der Waals surface area contributed by atoms with E-state index in [-0.39, 0.29) is 36.7 Å². The van der Waals surface area contributed by atoms with E-state index in [0.29, 0.717) is 12.4 Å². The van der Waals surface area contributed by atoms with Crippen LogP contribution >= 0.6 is 11.8 Å². The summed E-state index contributed by atoms with van der Waals surface area (Å²) < 4.78 is 18.2. The Labute approximate surface area is 379 Å². The summed E-state index contributed by atoms with van der Waals surface area (Å²) in [5.41, 5.74) is 1.73. The van der Waals surface area contributed by atoms with Crippen LogP contribution in [0.15, 0.2) is 53.6 Å². The smallest absolute Gasteiger partial charge is 0.334 e. The van der Waals surface area contributed by atoms with E-state index in [9.17, 15) is 33.6 Å². The van der Waals surface area contributed by atoms with Crippen LogP contribution in [-0.4, -0.2) is 139 Å². The molecule has 0 aliphatic carbocycles. The van der Waals surface area contributed by atoms with Crippen LogP contribution in [0.1, 0.15) is 94.1 Å². The molecular formula is C47H73N5O10S. The van der Waals surface area contributed by atoms with Gasteiger partial charge >= 0.3 is 11.9 Å². The molecule has 0 radical (unpaired) electrons. The minimum Gasteiger partial charge on any atom is -0.456 e. The van der Waals surface area contributed by atoms with E-state index in [1.807, 2.05) is 79.0 Å². The van der Waals surface area contributed by atoms with Crippen LogP contribution in [0.3, 0.4) is 0 Å². The summed E-state index contributed by atoms with van der Waals surface area (Å²) in [4.78, 5) is 101. The lowest BCUT2D eigenvalue weighted by molar-refractivity contribution is -0.161. The minimum absolute atomic E-state index is 0.0618. The molecule has 1 aromatic carbocycles. The average Bonchev–Trinajstić information content (AvgIpc) is 3.26. The highest BCUT2D eigenvalue weighted by atomic mass is 32.2. The van der Waals surface area contributed by atoms with E-state index < -0.39 is 96.4 Å². The number of carbonyl (C=O) groups excluding carboxylic acids is 7. The fourth-order valence-corrected chi connectivity index (χ4v) is 7.41. The second-order valence-corrected chi connectivity index (χ2v) is 18.0. The van der Waals surface area contributed by atoms with Crippen molar-refractivity contribution in [2.24, 2.45) is 17.8 Å². The third-order valence-electron chi connectivity index (χ3n) is 11.7. The van der Waals surface area contributed by atoms with Crippen molar-refractivity contribution >= 4 is 53.2 Å². The molecule has 1 aliphatic rings. The molecule has 1 heterocycles. The number of thioether (sulfide) groups is 1. The van der Waals surface area contributed by atoms with Crippen molar-refractivity contribution in [2.45, 2.75) is 137 Å². The van der Waals surface area contributed by atoms with E-state index in [1.165, 1.54) is 54.5 Å². The zero-order chi connectivity index (χ0) is 47.7. The van der Waals surface area contributed by atoms with Crippen LogP contribution < -0.4 is 10.6 Å². The van der Waals surface area contributed by atoms with Crippen molar-refractivity contribution in [3.63, 3.8) is 0 Å². The molecule has 0 saturated heterocycles. The van der Waals surface area contributed by atoms with Crippen molar-refractivity contribution in [3.05, 3.63) is 59.2 Å². The van der Waals surface area contributed by atoms with Gasteiger partial charge in [-0.3, -0.25) is 24.0 Å². The van der Waals surface area contributed by atoms with Crippen LogP contribution in [0.4, 0.5) is 0 Å². The Hall–Kier alpha value is -4.70. The Kier molecular flexibility index (Phi) is 22.6. The van der Waals surface area contributed by atoms with Crippen LogP contribution in [-0.2, 0) is 54.2 Å². The molecule has 5 amide bonds. The summed E-state index contributed by atoms with van der Waals surface area (Å²) in [7, 11) is 4.37. The van der Waals surface area contributed by atoms with Gasteiger partial charge in [0.1, 0.15) is 30.3 Å². The monoisotopic (exact) mass is 900 g/mol. The Morgan fingerprint density at radius 1 is 0.921 bits per heavy atom. The molecule has 9 atom stereocenters. The van der Waals surface area contributed by atoms with E-state index in [2.05, 4.69) is 10.6 Å². The first-order chi connectivity index (χ1) is 29.6. The summed E-state index contributed by atoms with van der Waals surface area (Å²) in [6, 6.07) is 4.73. The molecule has 15 nitrogen and oxygen atoms in total. The van der Waals surface area contributed by atoms with Gasteiger partial charge in [0.2, 0.25) is 23.6 Å². The second-order valence-electron chi connectivity index (χ2n) is 17.1. The average molecular weight is 900 g/mol. The van der Waals surface area contributed by atoms with Crippen molar-refractivity contribution in [1.29, 1.82) is 0 Å². The third kappa shape index (κ3) is 16.1. The Bertz CT molecular complexity index is 1790. The summed E-state index contributed by atoms with van der Waals surface area (Å²) in [6.07, 6.45) is 3.86. The van der Waals surface area contributed by atoms with Crippen molar-refractivity contribution < 1.29 is 47.8 Å². The molecule has 1 aromatic rings. The van der Waals surface area contributed by atoms with E-state index in [0.717, 1.165) is 11.1 Å². The SMILES string of the molecule is C/C=C(\C)[C@H]1OC(=O)[C@@H](C)N(C)C(=O)[C@H]([C@@H](C)CC)NC(=O)CN(C)C(=O)[C@@H](Cc2ccccc2)N(C)C(=O)[C@H](C)NC(=O)[C@@H](CC(C)C)OC(=O)/C(C)=C/C[C@H](OCSC)[C@@H]1C. The van der Waals surface area contributed by atoms with E-state index >= 15 is 0 Å². The number of nitrogens with one attached hydrogen (secondary N) is 2. The molecular weight excluding hydrogens is 827 g/mol. The van der Waals surface area contributed by atoms with Crippen molar-refractivity contribution in [1.82, 2.24) is 25.3 Å². The second kappa shape index (κ2) is 26.2. The number of benzene rings is 1. The number of hydrogen-bond donors (Lipinski definition) is 2. The van der Waals surface area contributed by atoms with E-state index in [1.54, 1.807) is 32.1 Å². The maximum Gasteiger partial charge on any atom is 0.334 e. The Morgan fingerprint density at radius 3 is 2.13 bits per heavy atom. The molecule has 63 heavy (non-hydrogen) atoms. The zero-order valence-electron chi connectivity index (χ0n) is 39.9. The quantitative estimate of drug-likeness (QED) is 0.185. The Balaban J connectivity index is 2.72. The fourth-order valence-electron chi connectivity index (χ4n) is 7.10. The molecule has 0 bridgehead atoms.